The smallest absolute Gasteiger partial charge is 0.406 e. The zero-order chi connectivity index (χ0) is 34.2. The van der Waals surface area contributed by atoms with Crippen LogP contribution in [0.1, 0.15) is 52.7 Å². The SMILES string of the molecule is O=C(Nc1nn[nH]n1)c1ccc(CN(C(=O)NCc2ccccc2-c2cccc(OC(F)(F)F)c2)c2ccc(C3=CCCCC3)cc2)cc1. The first-order valence-electron chi connectivity index (χ1n) is 15.6. The zero-order valence-corrected chi connectivity index (χ0v) is 26.2. The van der Waals surface area contributed by atoms with Crippen LogP contribution in [0.3, 0.4) is 0 Å². The predicted octanol–water partition coefficient (Wildman–Crippen LogP) is 7.89. The molecule has 10 nitrogen and oxygen atoms in total. The average molecular weight is 668 g/mol. The summed E-state index contributed by atoms with van der Waals surface area (Å²) < 4.78 is 42.7. The largest absolute Gasteiger partial charge is 0.573 e. The molecule has 0 aliphatic heterocycles. The number of rotatable bonds is 10. The van der Waals surface area contributed by atoms with Crippen LogP contribution in [0, 0.1) is 0 Å². The van der Waals surface area contributed by atoms with E-state index in [1.807, 2.05) is 30.3 Å². The Morgan fingerprint density at radius 3 is 2.41 bits per heavy atom. The van der Waals surface area contributed by atoms with Crippen LogP contribution < -0.4 is 20.3 Å². The van der Waals surface area contributed by atoms with E-state index >= 15 is 0 Å². The number of hydrogen-bond acceptors (Lipinski definition) is 6. The Morgan fingerprint density at radius 1 is 0.898 bits per heavy atom. The normalized spacial score (nSPS) is 12.9. The molecule has 0 saturated carbocycles. The zero-order valence-electron chi connectivity index (χ0n) is 26.2. The molecular formula is C36H32F3N7O3. The van der Waals surface area contributed by atoms with Crippen molar-refractivity contribution < 1.29 is 27.5 Å². The number of nitrogens with one attached hydrogen (secondary N) is 3. The van der Waals surface area contributed by atoms with E-state index in [0.717, 1.165) is 30.4 Å². The number of carbonyl (C=O) groups is 2. The lowest BCUT2D eigenvalue weighted by molar-refractivity contribution is -0.274. The van der Waals surface area contributed by atoms with Gasteiger partial charge in [0, 0.05) is 17.8 Å². The number of aromatic amines is 1. The van der Waals surface area contributed by atoms with Crippen LogP contribution in [0.5, 0.6) is 5.75 Å². The molecule has 3 amide bonds. The van der Waals surface area contributed by atoms with Gasteiger partial charge in [0.05, 0.1) is 6.54 Å². The number of alkyl halides is 3. The van der Waals surface area contributed by atoms with Gasteiger partial charge in [0.1, 0.15) is 5.75 Å². The van der Waals surface area contributed by atoms with Crippen molar-refractivity contribution in [3.8, 4) is 16.9 Å². The van der Waals surface area contributed by atoms with Crippen LogP contribution in [0.15, 0.2) is 103 Å². The number of amides is 3. The first-order chi connectivity index (χ1) is 23.7. The second kappa shape index (κ2) is 14.8. The molecule has 49 heavy (non-hydrogen) atoms. The van der Waals surface area contributed by atoms with Gasteiger partial charge in [0.25, 0.3) is 11.9 Å². The van der Waals surface area contributed by atoms with Gasteiger partial charge in [-0.15, -0.1) is 18.3 Å². The van der Waals surface area contributed by atoms with Crippen molar-refractivity contribution in [3.63, 3.8) is 0 Å². The highest BCUT2D eigenvalue weighted by molar-refractivity contribution is 6.03. The maximum Gasteiger partial charge on any atom is 0.573 e. The van der Waals surface area contributed by atoms with Crippen molar-refractivity contribution in [2.75, 3.05) is 10.2 Å². The van der Waals surface area contributed by atoms with Crippen molar-refractivity contribution in [2.24, 2.45) is 0 Å². The minimum Gasteiger partial charge on any atom is -0.406 e. The van der Waals surface area contributed by atoms with Gasteiger partial charge < -0.3 is 10.1 Å². The number of nitrogens with zero attached hydrogens (tertiary/aromatic N) is 4. The van der Waals surface area contributed by atoms with Gasteiger partial charge >= 0.3 is 12.4 Å². The number of H-pyrrole nitrogens is 1. The summed E-state index contributed by atoms with van der Waals surface area (Å²) in [4.78, 5) is 28.1. The number of benzene rings is 4. The molecule has 0 bridgehead atoms. The Hall–Kier alpha value is -5.98. The van der Waals surface area contributed by atoms with E-state index in [9.17, 15) is 22.8 Å². The molecule has 0 unspecified atom stereocenters. The number of halogens is 3. The average Bonchev–Trinajstić information content (AvgIpc) is 3.63. The van der Waals surface area contributed by atoms with Crippen molar-refractivity contribution in [1.29, 1.82) is 0 Å². The molecule has 250 valence electrons. The molecule has 3 N–H and O–H groups in total. The first-order valence-corrected chi connectivity index (χ1v) is 15.6. The van der Waals surface area contributed by atoms with Crippen molar-refractivity contribution in [3.05, 3.63) is 125 Å². The lowest BCUT2D eigenvalue weighted by Crippen LogP contribution is -2.39. The second-order valence-corrected chi connectivity index (χ2v) is 11.4. The highest BCUT2D eigenvalue weighted by Gasteiger charge is 2.31. The van der Waals surface area contributed by atoms with E-state index in [2.05, 4.69) is 42.1 Å². The number of hydrogen-bond donors (Lipinski definition) is 3. The number of aromatic nitrogens is 4. The fraction of sp³-hybridized carbons (Fsp3) is 0.194. The van der Waals surface area contributed by atoms with Gasteiger partial charge in [-0.2, -0.15) is 5.21 Å². The molecule has 1 aliphatic carbocycles. The second-order valence-electron chi connectivity index (χ2n) is 11.4. The monoisotopic (exact) mass is 667 g/mol. The molecule has 0 spiro atoms. The third-order valence-corrected chi connectivity index (χ3v) is 8.04. The molecule has 1 aromatic heterocycles. The summed E-state index contributed by atoms with van der Waals surface area (Å²) in [6.45, 7) is 0.301. The highest BCUT2D eigenvalue weighted by atomic mass is 19.4. The van der Waals surface area contributed by atoms with E-state index in [4.69, 9.17) is 0 Å². The van der Waals surface area contributed by atoms with Crippen molar-refractivity contribution in [2.45, 2.75) is 45.1 Å². The molecule has 6 rings (SSSR count). The summed E-state index contributed by atoms with van der Waals surface area (Å²) in [7, 11) is 0. The van der Waals surface area contributed by atoms with Crippen molar-refractivity contribution >= 4 is 29.1 Å². The molecule has 0 atom stereocenters. The summed E-state index contributed by atoms with van der Waals surface area (Å²) in [5.74, 6) is -0.696. The van der Waals surface area contributed by atoms with Gasteiger partial charge in [-0.3, -0.25) is 15.0 Å². The van der Waals surface area contributed by atoms with Crippen LogP contribution in [-0.4, -0.2) is 38.9 Å². The van der Waals surface area contributed by atoms with Crippen LogP contribution >= 0.6 is 0 Å². The number of carbonyl (C=O) groups excluding carboxylic acids is 2. The molecule has 5 aromatic rings. The number of ether oxygens (including phenoxy) is 1. The van der Waals surface area contributed by atoms with Crippen LogP contribution in [-0.2, 0) is 13.1 Å². The number of tetrazole rings is 1. The third kappa shape index (κ3) is 8.69. The summed E-state index contributed by atoms with van der Waals surface area (Å²) in [5.41, 5.74) is 6.10. The van der Waals surface area contributed by atoms with Gasteiger partial charge in [-0.05, 0) is 101 Å². The van der Waals surface area contributed by atoms with E-state index in [-0.39, 0.29) is 30.8 Å². The molecule has 0 saturated heterocycles. The topological polar surface area (TPSA) is 125 Å². The molecule has 0 radical (unpaired) electrons. The van der Waals surface area contributed by atoms with Crippen LogP contribution in [0.4, 0.5) is 29.6 Å². The quantitative estimate of drug-likeness (QED) is 0.139. The Kier molecular flexibility index (Phi) is 9.98. The lowest BCUT2D eigenvalue weighted by Gasteiger charge is -2.25. The third-order valence-electron chi connectivity index (χ3n) is 8.04. The summed E-state index contributed by atoms with van der Waals surface area (Å²) in [6.07, 6.45) is 1.84. The minimum absolute atomic E-state index is 0.0493. The minimum atomic E-state index is -4.82. The van der Waals surface area contributed by atoms with Gasteiger partial charge in [0.2, 0.25) is 0 Å². The Bertz CT molecular complexity index is 1930. The van der Waals surface area contributed by atoms with E-state index in [0.29, 0.717) is 27.9 Å². The Balaban J connectivity index is 1.22. The fourth-order valence-corrected chi connectivity index (χ4v) is 5.65. The molecular weight excluding hydrogens is 635 g/mol. The maximum absolute atomic E-state index is 13.9. The maximum atomic E-state index is 13.9. The van der Waals surface area contributed by atoms with Crippen LogP contribution in [0.2, 0.25) is 0 Å². The Labute approximate surface area is 280 Å². The lowest BCUT2D eigenvalue weighted by atomic mass is 9.93. The first kappa shape index (κ1) is 32.9. The molecule has 1 aliphatic rings. The Morgan fingerprint density at radius 2 is 1.69 bits per heavy atom. The van der Waals surface area contributed by atoms with E-state index in [1.165, 1.54) is 30.2 Å². The highest BCUT2D eigenvalue weighted by Crippen LogP contribution is 2.31. The van der Waals surface area contributed by atoms with E-state index < -0.39 is 12.3 Å². The van der Waals surface area contributed by atoms with Crippen molar-refractivity contribution in [1.82, 2.24) is 25.9 Å². The number of urea groups is 1. The molecule has 1 heterocycles. The number of allylic oxidation sites excluding steroid dienone is 2. The summed E-state index contributed by atoms with van der Waals surface area (Å²) in [5, 5.41) is 18.7. The fourth-order valence-electron chi connectivity index (χ4n) is 5.65. The van der Waals surface area contributed by atoms with E-state index in [1.54, 1.807) is 53.4 Å². The van der Waals surface area contributed by atoms with Crippen LogP contribution in [0.25, 0.3) is 16.7 Å². The molecule has 0 fully saturated rings. The summed E-state index contributed by atoms with van der Waals surface area (Å²) in [6, 6.07) is 27.2. The molecule has 13 heteroatoms. The van der Waals surface area contributed by atoms with Gasteiger partial charge in [-0.25, -0.2) is 4.79 Å². The standard InChI is InChI=1S/C36H32F3N7O3/c37-36(38,39)49-31-11-6-10-28(21-31)32-12-5-4-9-29(32)22-40-35(48)46(30-19-17-26(18-20-30)25-7-2-1-3-8-25)23-24-13-15-27(16-14-24)33(47)41-34-42-44-45-43-34/h4-7,9-21H,1-3,8,22-23H2,(H,40,48)(H2,41,42,43,44,45,47). The molecule has 4 aromatic carbocycles. The summed E-state index contributed by atoms with van der Waals surface area (Å²) >= 11 is 0. The predicted molar refractivity (Wildman–Crippen MR) is 178 cm³/mol. The van der Waals surface area contributed by atoms with Gasteiger partial charge in [-0.1, -0.05) is 71.8 Å². The number of anilines is 2. The van der Waals surface area contributed by atoms with Gasteiger partial charge in [0.15, 0.2) is 0 Å².